The fourth-order valence-corrected chi connectivity index (χ4v) is 4.11. The first-order chi connectivity index (χ1) is 16.4. The van der Waals surface area contributed by atoms with Crippen LogP contribution in [0.15, 0.2) is 36.5 Å². The maximum absolute atomic E-state index is 14.6. The molecular formula is C24H25FN4O5. The minimum atomic E-state index is -1.45. The molecule has 0 unspecified atom stereocenters. The van der Waals surface area contributed by atoms with Gasteiger partial charge >= 0.3 is 0 Å². The summed E-state index contributed by atoms with van der Waals surface area (Å²) in [6.07, 6.45) is -0.0169. The predicted molar refractivity (Wildman–Crippen MR) is 119 cm³/mol. The summed E-state index contributed by atoms with van der Waals surface area (Å²) in [5, 5.41) is 30.7. The van der Waals surface area contributed by atoms with Crippen LogP contribution in [0, 0.1) is 17.2 Å². The molecule has 2 heterocycles. The van der Waals surface area contributed by atoms with Crippen LogP contribution in [0.5, 0.6) is 5.75 Å². The Hall–Kier alpha value is -3.55. The van der Waals surface area contributed by atoms with Crippen molar-refractivity contribution >= 4 is 17.6 Å². The van der Waals surface area contributed by atoms with Crippen LogP contribution in [0.3, 0.4) is 0 Å². The van der Waals surface area contributed by atoms with Crippen LogP contribution < -0.4 is 10.1 Å². The summed E-state index contributed by atoms with van der Waals surface area (Å²) in [5.41, 5.74) is 1.65. The van der Waals surface area contributed by atoms with Gasteiger partial charge in [-0.1, -0.05) is 6.07 Å². The number of nitriles is 1. The number of aliphatic hydroxyl groups excluding tert-OH is 2. The zero-order valence-electron chi connectivity index (χ0n) is 18.4. The highest BCUT2D eigenvalue weighted by atomic mass is 19.1. The number of anilines is 1. The molecule has 1 aromatic carbocycles. The number of halogens is 1. The molecule has 1 aromatic heterocycles. The number of nitrogens with zero attached hydrogens (tertiary/aromatic N) is 3. The standard InChI is InChI=1S/C24H25FN4O5/c25-19-12-29(23(32)13-30)6-4-21(19)34-20-2-1-14(7-17(20)11-26)15-3-5-27-22(10-15)28-24(33)16-8-18(31)9-16/h1-3,5,7,10,16,18-19,21,30-31H,4,6,8-9,12-13H2,(H,27,28,33)/t16-,18-,19-,21+/m1/s1. The lowest BCUT2D eigenvalue weighted by atomic mass is 9.82. The first kappa shape index (κ1) is 23.6. The van der Waals surface area contributed by atoms with Crippen LogP contribution in [0.1, 0.15) is 24.8 Å². The molecule has 0 bridgehead atoms. The van der Waals surface area contributed by atoms with Crippen LogP contribution in [-0.4, -0.2) is 70.0 Å². The number of amides is 2. The van der Waals surface area contributed by atoms with E-state index in [1.54, 1.807) is 36.5 Å². The van der Waals surface area contributed by atoms with Gasteiger partial charge in [-0.15, -0.1) is 0 Å². The zero-order chi connectivity index (χ0) is 24.2. The number of carbonyl (C=O) groups is 2. The Kier molecular flexibility index (Phi) is 7.05. The number of likely N-dealkylation sites (tertiary alicyclic amines) is 1. The lowest BCUT2D eigenvalue weighted by Gasteiger charge is -2.34. The normalized spacial score (nSPS) is 24.0. The Balaban J connectivity index is 1.45. The minimum absolute atomic E-state index is 0.171. The van der Waals surface area contributed by atoms with Crippen LogP contribution in [-0.2, 0) is 9.59 Å². The molecule has 1 aliphatic heterocycles. The van der Waals surface area contributed by atoms with Gasteiger partial charge in [0.25, 0.3) is 0 Å². The van der Waals surface area contributed by atoms with E-state index in [0.29, 0.717) is 24.2 Å². The maximum atomic E-state index is 14.6. The van der Waals surface area contributed by atoms with E-state index in [4.69, 9.17) is 9.84 Å². The number of aromatic nitrogens is 1. The molecule has 1 saturated carbocycles. The molecule has 10 heteroatoms. The number of aliphatic hydroxyl groups is 2. The van der Waals surface area contributed by atoms with E-state index in [0.717, 1.165) is 5.56 Å². The molecule has 2 aromatic rings. The molecule has 9 nitrogen and oxygen atoms in total. The number of rotatable bonds is 6. The minimum Gasteiger partial charge on any atom is -0.486 e. The molecule has 2 aliphatic rings. The molecule has 2 fully saturated rings. The van der Waals surface area contributed by atoms with E-state index >= 15 is 0 Å². The van der Waals surface area contributed by atoms with Crippen molar-refractivity contribution in [1.82, 2.24) is 9.88 Å². The second-order valence-electron chi connectivity index (χ2n) is 8.52. The largest absolute Gasteiger partial charge is 0.486 e. The molecule has 0 spiro atoms. The monoisotopic (exact) mass is 468 g/mol. The van der Waals surface area contributed by atoms with Crippen molar-refractivity contribution in [3.8, 4) is 22.9 Å². The number of carbonyl (C=O) groups excluding carboxylic acids is 2. The summed E-state index contributed by atoms with van der Waals surface area (Å²) in [5.74, 6) is -0.334. The lowest BCUT2D eigenvalue weighted by Crippen LogP contribution is -2.50. The first-order valence-corrected chi connectivity index (χ1v) is 11.1. The Labute approximate surface area is 195 Å². The Morgan fingerprint density at radius 2 is 2.03 bits per heavy atom. The Morgan fingerprint density at radius 3 is 2.71 bits per heavy atom. The Bertz CT molecular complexity index is 1110. The number of hydrogen-bond donors (Lipinski definition) is 3. The fraction of sp³-hybridized carbons (Fsp3) is 0.417. The highest BCUT2D eigenvalue weighted by Crippen LogP contribution is 2.31. The van der Waals surface area contributed by atoms with Crippen molar-refractivity contribution in [1.29, 1.82) is 5.26 Å². The third kappa shape index (κ3) is 5.16. The SMILES string of the molecule is N#Cc1cc(-c2ccnc(NC(=O)[C@H]3C[C@H](O)C3)c2)ccc1O[C@H]1CCN(C(=O)CO)C[C@H]1F. The van der Waals surface area contributed by atoms with E-state index in [1.807, 2.05) is 0 Å². The quantitative estimate of drug-likeness (QED) is 0.586. The first-order valence-electron chi connectivity index (χ1n) is 11.1. The number of nitrogens with one attached hydrogen (secondary N) is 1. The van der Waals surface area contributed by atoms with E-state index < -0.39 is 30.9 Å². The van der Waals surface area contributed by atoms with Crippen LogP contribution in [0.4, 0.5) is 10.2 Å². The maximum Gasteiger partial charge on any atom is 0.248 e. The number of ether oxygens (including phenoxy) is 1. The lowest BCUT2D eigenvalue weighted by molar-refractivity contribution is -0.138. The molecular weight excluding hydrogens is 443 g/mol. The number of alkyl halides is 1. The van der Waals surface area contributed by atoms with Crippen molar-refractivity contribution in [2.45, 2.75) is 37.6 Å². The van der Waals surface area contributed by atoms with E-state index in [9.17, 15) is 24.3 Å². The summed E-state index contributed by atoms with van der Waals surface area (Å²) < 4.78 is 20.4. The van der Waals surface area contributed by atoms with Crippen molar-refractivity contribution in [2.75, 3.05) is 25.0 Å². The van der Waals surface area contributed by atoms with Crippen LogP contribution in [0.2, 0.25) is 0 Å². The summed E-state index contributed by atoms with van der Waals surface area (Å²) in [6, 6.07) is 10.5. The molecule has 1 saturated heterocycles. The van der Waals surface area contributed by atoms with Gasteiger partial charge in [0, 0.05) is 25.1 Å². The van der Waals surface area contributed by atoms with Gasteiger partial charge < -0.3 is 25.2 Å². The number of benzene rings is 1. The van der Waals surface area contributed by atoms with Crippen molar-refractivity contribution < 1.29 is 28.9 Å². The van der Waals surface area contributed by atoms with Crippen molar-refractivity contribution in [3.63, 3.8) is 0 Å². The fourth-order valence-electron chi connectivity index (χ4n) is 4.11. The molecule has 178 valence electrons. The second-order valence-corrected chi connectivity index (χ2v) is 8.52. The van der Waals surface area contributed by atoms with E-state index in [-0.39, 0.29) is 42.6 Å². The van der Waals surface area contributed by atoms with Gasteiger partial charge in [-0.05, 0) is 48.2 Å². The smallest absolute Gasteiger partial charge is 0.248 e. The topological polar surface area (TPSA) is 136 Å². The number of pyridine rings is 1. The molecule has 0 radical (unpaired) electrons. The number of hydrogen-bond acceptors (Lipinski definition) is 7. The molecule has 2 amide bonds. The van der Waals surface area contributed by atoms with E-state index in [2.05, 4.69) is 16.4 Å². The number of piperidine rings is 1. The molecule has 1 aliphatic carbocycles. The summed E-state index contributed by atoms with van der Waals surface area (Å²) >= 11 is 0. The summed E-state index contributed by atoms with van der Waals surface area (Å²) in [4.78, 5) is 29.2. The molecule has 34 heavy (non-hydrogen) atoms. The average molecular weight is 468 g/mol. The highest BCUT2D eigenvalue weighted by Gasteiger charge is 2.34. The summed E-state index contributed by atoms with van der Waals surface area (Å²) in [6.45, 7) is -0.576. The average Bonchev–Trinajstić information content (AvgIpc) is 2.83. The van der Waals surface area contributed by atoms with Gasteiger partial charge in [0.1, 0.15) is 30.3 Å². The second kappa shape index (κ2) is 10.2. The van der Waals surface area contributed by atoms with Crippen LogP contribution in [0.25, 0.3) is 11.1 Å². The van der Waals surface area contributed by atoms with Gasteiger partial charge in [0.05, 0.1) is 18.2 Å². The molecule has 3 N–H and O–H groups in total. The van der Waals surface area contributed by atoms with Crippen molar-refractivity contribution in [2.24, 2.45) is 5.92 Å². The van der Waals surface area contributed by atoms with Gasteiger partial charge in [0.2, 0.25) is 11.8 Å². The van der Waals surface area contributed by atoms with Gasteiger partial charge in [-0.2, -0.15) is 5.26 Å². The Morgan fingerprint density at radius 1 is 1.26 bits per heavy atom. The molecule has 2 atom stereocenters. The van der Waals surface area contributed by atoms with Crippen molar-refractivity contribution in [3.05, 3.63) is 42.1 Å². The zero-order valence-corrected chi connectivity index (χ0v) is 18.4. The van der Waals surface area contributed by atoms with Crippen LogP contribution >= 0.6 is 0 Å². The van der Waals surface area contributed by atoms with Gasteiger partial charge in [0.15, 0.2) is 6.17 Å². The van der Waals surface area contributed by atoms with Gasteiger partial charge in [-0.25, -0.2) is 9.37 Å². The third-order valence-corrected chi connectivity index (χ3v) is 6.18. The third-order valence-electron chi connectivity index (χ3n) is 6.18. The van der Waals surface area contributed by atoms with Gasteiger partial charge in [-0.3, -0.25) is 9.59 Å². The molecule has 4 rings (SSSR count). The highest BCUT2D eigenvalue weighted by molar-refractivity contribution is 5.92. The van der Waals surface area contributed by atoms with E-state index in [1.165, 1.54) is 4.90 Å². The predicted octanol–water partition coefficient (Wildman–Crippen LogP) is 1.64. The summed E-state index contributed by atoms with van der Waals surface area (Å²) in [7, 11) is 0.